The van der Waals surface area contributed by atoms with E-state index in [1.807, 2.05) is 6.07 Å². The number of anilines is 1. The molecule has 9 nitrogen and oxygen atoms in total. The molecular weight excluding hydrogens is 559 g/mol. The van der Waals surface area contributed by atoms with Crippen molar-refractivity contribution < 1.29 is 28.6 Å². The quantitative estimate of drug-likeness (QED) is 0.257. The van der Waals surface area contributed by atoms with E-state index < -0.39 is 23.9 Å². The van der Waals surface area contributed by atoms with Gasteiger partial charge in [-0.2, -0.15) is 0 Å². The zero-order chi connectivity index (χ0) is 28.1. The van der Waals surface area contributed by atoms with Crippen molar-refractivity contribution in [3.8, 4) is 22.1 Å². The van der Waals surface area contributed by atoms with E-state index in [4.69, 9.17) is 26.8 Å². The molecule has 0 spiro atoms. The molecule has 1 aliphatic heterocycles. The van der Waals surface area contributed by atoms with Crippen LogP contribution in [-0.2, 0) is 6.42 Å². The first-order valence-corrected chi connectivity index (χ1v) is 13.2. The molecule has 0 bridgehead atoms. The second kappa shape index (κ2) is 9.92. The van der Waals surface area contributed by atoms with Crippen molar-refractivity contribution in [2.45, 2.75) is 12.5 Å². The highest BCUT2D eigenvalue weighted by Gasteiger charge is 2.33. The normalized spacial score (nSPS) is 14.2. The van der Waals surface area contributed by atoms with E-state index in [-0.39, 0.29) is 30.0 Å². The van der Waals surface area contributed by atoms with Crippen molar-refractivity contribution in [1.29, 1.82) is 0 Å². The minimum atomic E-state index is -1.25. The number of rotatable bonds is 6. The molecule has 0 saturated carbocycles. The van der Waals surface area contributed by atoms with Crippen molar-refractivity contribution in [1.82, 2.24) is 9.97 Å². The second-order valence-electron chi connectivity index (χ2n) is 9.19. The molecule has 0 radical (unpaired) electrons. The number of nitrogens with zero attached hydrogens (tertiary/aromatic N) is 3. The molecule has 2 amide bonds. The summed E-state index contributed by atoms with van der Waals surface area (Å²) in [5.74, 6) is -0.602. The van der Waals surface area contributed by atoms with Crippen LogP contribution >= 0.6 is 22.9 Å². The molecule has 3 N–H and O–H groups in total. The molecule has 6 rings (SSSR count). The van der Waals surface area contributed by atoms with Gasteiger partial charge in [-0.15, -0.1) is 11.3 Å². The first-order chi connectivity index (χ1) is 19.2. The summed E-state index contributed by atoms with van der Waals surface area (Å²) in [6.45, 7) is -0.0937. The Kier molecular flexibility index (Phi) is 6.40. The first kappa shape index (κ1) is 25.8. The molecule has 12 heteroatoms. The Bertz CT molecular complexity index is 1850. The van der Waals surface area contributed by atoms with Gasteiger partial charge in [0.05, 0.1) is 35.6 Å². The molecule has 0 saturated heterocycles. The van der Waals surface area contributed by atoms with Gasteiger partial charge in [0.25, 0.3) is 0 Å². The number of pyridine rings is 1. The molecule has 202 valence electrons. The predicted molar refractivity (Wildman–Crippen MR) is 150 cm³/mol. The van der Waals surface area contributed by atoms with E-state index in [1.54, 1.807) is 37.6 Å². The molecule has 3 aromatic carbocycles. The summed E-state index contributed by atoms with van der Waals surface area (Å²) < 4.78 is 27.1. The summed E-state index contributed by atoms with van der Waals surface area (Å²) in [6.07, 6.45) is -0.0501. The Morgan fingerprint density at radius 2 is 2.10 bits per heavy atom. The molecule has 1 unspecified atom stereocenters. The number of ether oxygens (including phenoxy) is 2. The maximum atomic E-state index is 15.2. The molecular formula is C28H20ClFN4O5S. The standard InChI is InChI=1S/C28H20ClFN4O5S/c1-38-17-7-14-5-15(29)8-19(23(14)32-11-17)27-33-22-10-21(30)24-20(25(22)40-27)9-18(39-24)12-34(28(36)37)16-4-2-3-13(6-16)26(31)35/h2-8,10-11,18H,9,12H2,1H3,(H2,31,35)(H,36,37). The van der Waals surface area contributed by atoms with E-state index in [9.17, 15) is 14.7 Å². The molecule has 1 aliphatic rings. The van der Waals surface area contributed by atoms with Crippen molar-refractivity contribution in [2.24, 2.45) is 5.73 Å². The lowest BCUT2D eigenvalue weighted by Crippen LogP contribution is -2.38. The smallest absolute Gasteiger partial charge is 0.411 e. The number of halogens is 2. The van der Waals surface area contributed by atoms with Crippen LogP contribution in [0.15, 0.2) is 54.7 Å². The summed E-state index contributed by atoms with van der Waals surface area (Å²) in [5, 5.41) is 11.7. The average molecular weight is 579 g/mol. The van der Waals surface area contributed by atoms with E-state index in [2.05, 4.69) is 9.97 Å². The van der Waals surface area contributed by atoms with Gasteiger partial charge in [0.15, 0.2) is 11.6 Å². The third-order valence-corrected chi connectivity index (χ3v) is 8.03. The number of carbonyl (C=O) groups is 2. The molecule has 40 heavy (non-hydrogen) atoms. The third-order valence-electron chi connectivity index (χ3n) is 6.65. The van der Waals surface area contributed by atoms with Gasteiger partial charge >= 0.3 is 6.09 Å². The molecule has 5 aromatic rings. The fourth-order valence-electron chi connectivity index (χ4n) is 4.84. The van der Waals surface area contributed by atoms with Crippen LogP contribution in [0, 0.1) is 5.82 Å². The Morgan fingerprint density at radius 1 is 1.27 bits per heavy atom. The average Bonchev–Trinajstić information content (AvgIpc) is 3.55. The topological polar surface area (TPSA) is 128 Å². The van der Waals surface area contributed by atoms with Crippen LogP contribution in [0.2, 0.25) is 5.02 Å². The highest BCUT2D eigenvalue weighted by Crippen LogP contribution is 2.44. The highest BCUT2D eigenvalue weighted by atomic mass is 35.5. The van der Waals surface area contributed by atoms with Gasteiger partial charge in [-0.1, -0.05) is 17.7 Å². The van der Waals surface area contributed by atoms with Gasteiger partial charge < -0.3 is 20.3 Å². The Labute approximate surface area is 235 Å². The Balaban J connectivity index is 1.36. The van der Waals surface area contributed by atoms with Gasteiger partial charge in [0.2, 0.25) is 5.91 Å². The van der Waals surface area contributed by atoms with Crippen LogP contribution < -0.4 is 20.1 Å². The van der Waals surface area contributed by atoms with E-state index in [0.717, 1.165) is 15.0 Å². The van der Waals surface area contributed by atoms with Crippen LogP contribution in [0.4, 0.5) is 14.9 Å². The van der Waals surface area contributed by atoms with E-state index in [1.165, 1.54) is 29.5 Å². The molecule has 0 aliphatic carbocycles. The van der Waals surface area contributed by atoms with Gasteiger partial charge in [0, 0.05) is 45.3 Å². The largest absolute Gasteiger partial charge is 0.495 e. The highest BCUT2D eigenvalue weighted by molar-refractivity contribution is 7.22. The number of carbonyl (C=O) groups excluding carboxylic acids is 1. The van der Waals surface area contributed by atoms with Gasteiger partial charge in [-0.05, 0) is 36.4 Å². The minimum Gasteiger partial charge on any atom is -0.495 e. The second-order valence-corrected chi connectivity index (χ2v) is 10.6. The zero-order valence-electron chi connectivity index (χ0n) is 20.9. The van der Waals surface area contributed by atoms with Crippen LogP contribution in [0.25, 0.3) is 31.7 Å². The Hall–Kier alpha value is -4.48. The summed E-state index contributed by atoms with van der Waals surface area (Å²) in [6, 6.07) is 12.7. The Morgan fingerprint density at radius 3 is 2.85 bits per heavy atom. The number of thiazole rings is 1. The number of methoxy groups -OCH3 is 1. The van der Waals surface area contributed by atoms with Crippen molar-refractivity contribution >= 4 is 61.7 Å². The molecule has 0 fully saturated rings. The van der Waals surface area contributed by atoms with E-state index in [0.29, 0.717) is 37.9 Å². The molecule has 1 atom stereocenters. The number of benzene rings is 3. The number of carboxylic acid groups (broad SMARTS) is 1. The van der Waals surface area contributed by atoms with E-state index >= 15 is 4.39 Å². The predicted octanol–water partition coefficient (Wildman–Crippen LogP) is 5.90. The van der Waals surface area contributed by atoms with Crippen molar-refractivity contribution in [2.75, 3.05) is 18.6 Å². The van der Waals surface area contributed by atoms with Gasteiger partial charge in [-0.3, -0.25) is 14.7 Å². The minimum absolute atomic E-state index is 0.0720. The van der Waals surface area contributed by atoms with Crippen molar-refractivity contribution in [3.63, 3.8) is 0 Å². The number of hydrogen-bond acceptors (Lipinski definition) is 7. The SMILES string of the molecule is COc1cnc2c(-c3nc4cc(F)c5c(c4s3)CC(CN(C(=O)O)c3cccc(C(N)=O)c3)O5)cc(Cl)cc2c1. The van der Waals surface area contributed by atoms with Crippen LogP contribution in [0.1, 0.15) is 15.9 Å². The number of primary amides is 1. The maximum absolute atomic E-state index is 15.2. The molecule has 3 heterocycles. The summed E-state index contributed by atoms with van der Waals surface area (Å²) in [4.78, 5) is 34.0. The van der Waals surface area contributed by atoms with Crippen LogP contribution in [-0.4, -0.2) is 46.8 Å². The first-order valence-electron chi connectivity index (χ1n) is 12.0. The van der Waals surface area contributed by atoms with Crippen LogP contribution in [0.5, 0.6) is 11.5 Å². The number of hydrogen-bond donors (Lipinski definition) is 2. The number of amides is 2. The fraction of sp³-hybridized carbons (Fsp3) is 0.143. The van der Waals surface area contributed by atoms with Gasteiger partial charge in [-0.25, -0.2) is 14.2 Å². The number of nitrogens with two attached hydrogens (primary N) is 1. The lowest BCUT2D eigenvalue weighted by Gasteiger charge is -2.23. The van der Waals surface area contributed by atoms with Crippen LogP contribution in [0.3, 0.4) is 0 Å². The summed E-state index contributed by atoms with van der Waals surface area (Å²) in [5.41, 5.74) is 8.21. The molecule has 2 aromatic heterocycles. The van der Waals surface area contributed by atoms with Gasteiger partial charge in [0.1, 0.15) is 16.9 Å². The third kappa shape index (κ3) is 4.52. The summed E-state index contributed by atoms with van der Waals surface area (Å²) in [7, 11) is 1.56. The maximum Gasteiger partial charge on any atom is 0.411 e. The number of aromatic nitrogens is 2. The lowest BCUT2D eigenvalue weighted by molar-refractivity contribution is 0.1000. The fourth-order valence-corrected chi connectivity index (χ4v) is 6.18. The summed E-state index contributed by atoms with van der Waals surface area (Å²) >= 11 is 7.77. The number of fused-ring (bicyclic) bond motifs is 4. The lowest BCUT2D eigenvalue weighted by atomic mass is 10.1. The zero-order valence-corrected chi connectivity index (χ0v) is 22.4. The van der Waals surface area contributed by atoms with Crippen molar-refractivity contribution in [3.05, 3.63) is 76.7 Å². The monoisotopic (exact) mass is 578 g/mol.